The first-order chi connectivity index (χ1) is 8.58. The van der Waals surface area contributed by atoms with Crippen LogP contribution in [-0.4, -0.2) is 19.2 Å². The molecule has 0 unspecified atom stereocenters. The van der Waals surface area contributed by atoms with Gasteiger partial charge in [0.05, 0.1) is 0 Å². The summed E-state index contributed by atoms with van der Waals surface area (Å²) in [5, 5.41) is 4.21. The topological polar surface area (TPSA) is 21.3 Å². The molecule has 0 aromatic heterocycles. The number of halogens is 1. The molecule has 1 saturated heterocycles. The summed E-state index contributed by atoms with van der Waals surface area (Å²) in [7, 11) is 0. The molecule has 100 valence electrons. The van der Waals surface area contributed by atoms with Crippen LogP contribution in [0.3, 0.4) is 0 Å². The largest absolute Gasteiger partial charge is 0.490 e. The van der Waals surface area contributed by atoms with Crippen LogP contribution in [0.4, 0.5) is 0 Å². The van der Waals surface area contributed by atoms with Gasteiger partial charge in [-0.3, -0.25) is 0 Å². The Balaban J connectivity index is 2.10. The Labute approximate surface area is 115 Å². The number of hydrogen-bond acceptors (Lipinski definition) is 2. The average Bonchev–Trinajstić information content (AvgIpc) is 2.83. The molecule has 1 heterocycles. The van der Waals surface area contributed by atoms with E-state index in [2.05, 4.69) is 19.2 Å². The number of benzene rings is 1. The molecule has 1 aliphatic rings. The van der Waals surface area contributed by atoms with Crippen molar-refractivity contribution in [2.45, 2.75) is 33.3 Å². The van der Waals surface area contributed by atoms with Gasteiger partial charge in [0.15, 0.2) is 0 Å². The molecule has 0 amide bonds. The van der Waals surface area contributed by atoms with E-state index in [1.165, 1.54) is 6.42 Å². The molecule has 3 heteroatoms. The molecular formula is C15H22ClNO. The maximum absolute atomic E-state index is 6.20. The molecule has 18 heavy (non-hydrogen) atoms. The fourth-order valence-electron chi connectivity index (χ4n) is 2.58. The highest BCUT2D eigenvalue weighted by atomic mass is 35.5. The first-order valence-corrected chi connectivity index (χ1v) is 7.09. The summed E-state index contributed by atoms with van der Waals surface area (Å²) in [6, 6.07) is 5.91. The smallest absolute Gasteiger partial charge is 0.120 e. The molecule has 0 aliphatic carbocycles. The van der Waals surface area contributed by atoms with Crippen LogP contribution in [0.5, 0.6) is 5.75 Å². The van der Waals surface area contributed by atoms with E-state index in [9.17, 15) is 0 Å². The second-order valence-electron chi connectivity index (χ2n) is 5.49. The zero-order valence-electron chi connectivity index (χ0n) is 11.4. The lowest BCUT2D eigenvalue weighted by Gasteiger charge is -2.28. The molecule has 1 aromatic carbocycles. The Morgan fingerprint density at radius 3 is 2.72 bits per heavy atom. The molecule has 2 nitrogen and oxygen atoms in total. The zero-order chi connectivity index (χ0) is 13.1. The predicted octanol–water partition coefficient (Wildman–Crippen LogP) is 3.66. The lowest BCUT2D eigenvalue weighted by molar-refractivity contribution is 0.0973. The molecule has 1 N–H and O–H groups in total. The highest BCUT2D eigenvalue weighted by Crippen LogP contribution is 2.27. The van der Waals surface area contributed by atoms with Gasteiger partial charge in [0, 0.05) is 17.5 Å². The van der Waals surface area contributed by atoms with E-state index in [4.69, 9.17) is 16.3 Å². The summed E-state index contributed by atoms with van der Waals surface area (Å²) in [5.41, 5.74) is 1.07. The maximum Gasteiger partial charge on any atom is 0.120 e. The monoisotopic (exact) mass is 267 g/mol. The standard InChI is InChI=1S/C15H22ClNO/c1-10(2)15(12-6-7-17-9-12)18-13-4-5-14(16)11(3)8-13/h4-5,8,10,12,15,17H,6-7,9H2,1-3H3/t12-,15+/m0/s1. The molecule has 1 fully saturated rings. The quantitative estimate of drug-likeness (QED) is 0.899. The first-order valence-electron chi connectivity index (χ1n) is 6.71. The Hall–Kier alpha value is -0.730. The van der Waals surface area contributed by atoms with E-state index in [-0.39, 0.29) is 6.10 Å². The van der Waals surface area contributed by atoms with E-state index in [0.717, 1.165) is 29.4 Å². The van der Waals surface area contributed by atoms with Crippen molar-refractivity contribution in [2.75, 3.05) is 13.1 Å². The molecule has 1 aromatic rings. The number of hydrogen-bond donors (Lipinski definition) is 1. The Bertz CT molecular complexity index is 399. The third kappa shape index (κ3) is 3.18. The maximum atomic E-state index is 6.20. The highest BCUT2D eigenvalue weighted by Gasteiger charge is 2.29. The molecule has 2 atom stereocenters. The third-order valence-corrected chi connectivity index (χ3v) is 4.05. The molecule has 0 spiro atoms. The second kappa shape index (κ2) is 5.94. The van der Waals surface area contributed by atoms with Crippen molar-refractivity contribution < 1.29 is 4.74 Å². The Kier molecular flexibility index (Phi) is 4.52. The van der Waals surface area contributed by atoms with Gasteiger partial charge in [-0.25, -0.2) is 0 Å². The molecular weight excluding hydrogens is 246 g/mol. The second-order valence-corrected chi connectivity index (χ2v) is 5.90. The van der Waals surface area contributed by atoms with Gasteiger partial charge in [0.2, 0.25) is 0 Å². The van der Waals surface area contributed by atoms with Crippen LogP contribution in [0.15, 0.2) is 18.2 Å². The van der Waals surface area contributed by atoms with Crippen LogP contribution in [-0.2, 0) is 0 Å². The van der Waals surface area contributed by atoms with Gasteiger partial charge in [-0.05, 0) is 49.6 Å². The molecule has 0 bridgehead atoms. The number of ether oxygens (including phenoxy) is 1. The van der Waals surface area contributed by atoms with Gasteiger partial charge in [-0.2, -0.15) is 0 Å². The number of aryl methyl sites for hydroxylation is 1. The summed E-state index contributed by atoms with van der Waals surface area (Å²) in [6.45, 7) is 8.64. The summed E-state index contributed by atoms with van der Waals surface area (Å²) in [6.07, 6.45) is 1.48. The van der Waals surface area contributed by atoms with Crippen LogP contribution in [0, 0.1) is 18.8 Å². The minimum Gasteiger partial charge on any atom is -0.490 e. The van der Waals surface area contributed by atoms with E-state index < -0.39 is 0 Å². The molecule has 0 saturated carbocycles. The van der Waals surface area contributed by atoms with Gasteiger partial charge < -0.3 is 10.1 Å². The van der Waals surface area contributed by atoms with Gasteiger partial charge in [0.1, 0.15) is 11.9 Å². The lowest BCUT2D eigenvalue weighted by Crippen LogP contribution is -2.33. The Morgan fingerprint density at radius 1 is 1.39 bits per heavy atom. The van der Waals surface area contributed by atoms with Crippen molar-refractivity contribution in [3.63, 3.8) is 0 Å². The van der Waals surface area contributed by atoms with Crippen molar-refractivity contribution in [1.82, 2.24) is 5.32 Å². The van der Waals surface area contributed by atoms with Gasteiger partial charge in [0.25, 0.3) is 0 Å². The van der Waals surface area contributed by atoms with Crippen molar-refractivity contribution >= 4 is 11.6 Å². The predicted molar refractivity (Wildman–Crippen MR) is 76.4 cm³/mol. The van der Waals surface area contributed by atoms with Crippen LogP contribution in [0.1, 0.15) is 25.8 Å². The van der Waals surface area contributed by atoms with Crippen LogP contribution >= 0.6 is 11.6 Å². The molecule has 2 rings (SSSR count). The van der Waals surface area contributed by atoms with Gasteiger partial charge >= 0.3 is 0 Å². The van der Waals surface area contributed by atoms with Crippen molar-refractivity contribution in [2.24, 2.45) is 11.8 Å². The summed E-state index contributed by atoms with van der Waals surface area (Å²) in [5.74, 6) is 2.06. The first kappa shape index (κ1) is 13.7. The summed E-state index contributed by atoms with van der Waals surface area (Å²) in [4.78, 5) is 0. The van der Waals surface area contributed by atoms with Crippen LogP contribution < -0.4 is 10.1 Å². The lowest BCUT2D eigenvalue weighted by atomic mass is 9.92. The minimum absolute atomic E-state index is 0.278. The fourth-order valence-corrected chi connectivity index (χ4v) is 2.70. The van der Waals surface area contributed by atoms with E-state index in [1.807, 2.05) is 25.1 Å². The van der Waals surface area contributed by atoms with Crippen LogP contribution in [0.2, 0.25) is 5.02 Å². The van der Waals surface area contributed by atoms with Crippen LogP contribution in [0.25, 0.3) is 0 Å². The van der Waals surface area contributed by atoms with Crippen molar-refractivity contribution in [1.29, 1.82) is 0 Å². The third-order valence-electron chi connectivity index (χ3n) is 3.62. The van der Waals surface area contributed by atoms with E-state index >= 15 is 0 Å². The highest BCUT2D eigenvalue weighted by molar-refractivity contribution is 6.31. The SMILES string of the molecule is Cc1cc(O[C@H](C(C)C)[C@H]2CCNC2)ccc1Cl. The summed E-state index contributed by atoms with van der Waals surface area (Å²) >= 11 is 6.04. The molecule has 1 aliphatic heterocycles. The van der Waals surface area contributed by atoms with Gasteiger partial charge in [-0.15, -0.1) is 0 Å². The number of nitrogens with one attached hydrogen (secondary N) is 1. The number of rotatable bonds is 4. The zero-order valence-corrected chi connectivity index (χ0v) is 12.1. The van der Waals surface area contributed by atoms with Crippen molar-refractivity contribution in [3.05, 3.63) is 28.8 Å². The fraction of sp³-hybridized carbons (Fsp3) is 0.600. The van der Waals surface area contributed by atoms with E-state index in [1.54, 1.807) is 0 Å². The minimum atomic E-state index is 0.278. The Morgan fingerprint density at radius 2 is 2.17 bits per heavy atom. The molecule has 0 radical (unpaired) electrons. The normalized spacial score (nSPS) is 21.3. The summed E-state index contributed by atoms with van der Waals surface area (Å²) < 4.78 is 6.20. The van der Waals surface area contributed by atoms with Gasteiger partial charge in [-0.1, -0.05) is 25.4 Å². The average molecular weight is 268 g/mol. The van der Waals surface area contributed by atoms with E-state index in [0.29, 0.717) is 11.8 Å². The van der Waals surface area contributed by atoms with Crippen molar-refractivity contribution in [3.8, 4) is 5.75 Å².